The zero-order valence-corrected chi connectivity index (χ0v) is 20.1. The third-order valence-corrected chi connectivity index (χ3v) is 6.97. The Balaban J connectivity index is 1.50. The van der Waals surface area contributed by atoms with Gasteiger partial charge in [-0.1, -0.05) is 50.2 Å². The number of hydrazone groups is 1. The van der Waals surface area contributed by atoms with Gasteiger partial charge in [-0.2, -0.15) is 5.10 Å². The Morgan fingerprint density at radius 3 is 2.29 bits per heavy atom. The van der Waals surface area contributed by atoms with Crippen LogP contribution < -0.4 is 5.01 Å². The minimum absolute atomic E-state index is 0.0437. The van der Waals surface area contributed by atoms with Gasteiger partial charge in [-0.25, -0.2) is 14.4 Å². The molecule has 176 valence electrons. The quantitative estimate of drug-likeness (QED) is 0.211. The average Bonchev–Trinajstić information content (AvgIpc) is 3.52. The van der Waals surface area contributed by atoms with Gasteiger partial charge >= 0.3 is 0 Å². The molecule has 0 bridgehead atoms. The predicted molar refractivity (Wildman–Crippen MR) is 138 cm³/mol. The van der Waals surface area contributed by atoms with Crippen molar-refractivity contribution < 1.29 is 9.31 Å². The maximum atomic E-state index is 13.5. The van der Waals surface area contributed by atoms with Crippen LogP contribution in [0.15, 0.2) is 83.3 Å². The van der Waals surface area contributed by atoms with Crippen LogP contribution in [0, 0.1) is 15.9 Å². The Hall–Kier alpha value is -3.91. The minimum atomic E-state index is -0.415. The summed E-state index contributed by atoms with van der Waals surface area (Å²) >= 11 is 1.47. The third kappa shape index (κ3) is 4.70. The van der Waals surface area contributed by atoms with Gasteiger partial charge in [-0.15, -0.1) is 11.3 Å². The lowest BCUT2D eigenvalue weighted by atomic mass is 9.95. The van der Waals surface area contributed by atoms with Gasteiger partial charge in [-0.05, 0) is 46.9 Å². The number of aromatic nitrogens is 1. The first-order valence-corrected chi connectivity index (χ1v) is 12.2. The Morgan fingerprint density at radius 2 is 1.66 bits per heavy atom. The van der Waals surface area contributed by atoms with Crippen LogP contribution in [-0.2, 0) is 0 Å². The second-order valence-corrected chi connectivity index (χ2v) is 9.60. The molecule has 0 fully saturated rings. The van der Waals surface area contributed by atoms with E-state index >= 15 is 0 Å². The fourth-order valence-corrected chi connectivity index (χ4v) is 4.96. The average molecular weight is 487 g/mol. The zero-order valence-electron chi connectivity index (χ0n) is 19.3. The number of hydrogen-bond donors (Lipinski definition) is 0. The standard InChI is InChI=1S/C27H23FN4O2S/c1-17(2)18-3-5-21(6-4-18)26-15-24(19-7-11-22(28)12-8-19)30-31(26)27-29-25(16-35-27)20-9-13-23(14-10-20)32(33)34/h3-14,16-17,26H,15H2,1-2H3/t26-/m0/s1. The van der Waals surface area contributed by atoms with Crippen LogP contribution >= 0.6 is 11.3 Å². The van der Waals surface area contributed by atoms with E-state index in [1.165, 1.54) is 41.2 Å². The number of halogens is 1. The van der Waals surface area contributed by atoms with E-state index in [1.54, 1.807) is 24.3 Å². The summed E-state index contributed by atoms with van der Waals surface area (Å²) < 4.78 is 13.5. The highest BCUT2D eigenvalue weighted by Gasteiger charge is 2.32. The van der Waals surface area contributed by atoms with Crippen molar-refractivity contribution in [2.45, 2.75) is 32.2 Å². The zero-order chi connectivity index (χ0) is 24.5. The molecule has 0 unspecified atom stereocenters. The van der Waals surface area contributed by atoms with E-state index in [4.69, 9.17) is 10.1 Å². The highest BCUT2D eigenvalue weighted by Crippen LogP contribution is 2.39. The topological polar surface area (TPSA) is 71.6 Å². The molecule has 6 nitrogen and oxygen atoms in total. The molecule has 2 heterocycles. The summed E-state index contributed by atoms with van der Waals surface area (Å²) in [6.07, 6.45) is 0.666. The lowest BCUT2D eigenvalue weighted by Crippen LogP contribution is -2.18. The van der Waals surface area contributed by atoms with Gasteiger partial charge < -0.3 is 0 Å². The number of hydrogen-bond acceptors (Lipinski definition) is 6. The van der Waals surface area contributed by atoms with Gasteiger partial charge in [-0.3, -0.25) is 10.1 Å². The summed E-state index contributed by atoms with van der Waals surface area (Å²) in [5, 5.41) is 20.5. The van der Waals surface area contributed by atoms with E-state index in [2.05, 4.69) is 38.1 Å². The second kappa shape index (κ2) is 9.38. The van der Waals surface area contributed by atoms with E-state index in [0.717, 1.165) is 33.2 Å². The van der Waals surface area contributed by atoms with Crippen LogP contribution in [-0.4, -0.2) is 15.6 Å². The van der Waals surface area contributed by atoms with Gasteiger partial charge in [0, 0.05) is 29.5 Å². The summed E-state index contributed by atoms with van der Waals surface area (Å²) in [4.78, 5) is 15.4. The number of non-ortho nitro benzene ring substituents is 1. The van der Waals surface area contributed by atoms with Crippen LogP contribution in [0.5, 0.6) is 0 Å². The fraction of sp³-hybridized carbons (Fsp3) is 0.185. The molecule has 0 radical (unpaired) electrons. The van der Waals surface area contributed by atoms with Crippen molar-refractivity contribution in [3.05, 3.63) is 111 Å². The molecule has 35 heavy (non-hydrogen) atoms. The lowest BCUT2D eigenvalue weighted by Gasteiger charge is -2.21. The van der Waals surface area contributed by atoms with E-state index in [-0.39, 0.29) is 17.5 Å². The van der Waals surface area contributed by atoms with Gasteiger partial charge in [0.1, 0.15) is 5.82 Å². The molecule has 0 spiro atoms. The maximum Gasteiger partial charge on any atom is 0.269 e. The molecule has 8 heteroatoms. The van der Waals surface area contributed by atoms with Crippen molar-refractivity contribution in [1.82, 2.24) is 4.98 Å². The number of nitro benzene ring substituents is 1. The summed E-state index contributed by atoms with van der Waals surface area (Å²) in [5.74, 6) is 0.163. The van der Waals surface area contributed by atoms with Crippen molar-refractivity contribution in [3.8, 4) is 11.3 Å². The summed E-state index contributed by atoms with van der Waals surface area (Å²) in [5.41, 5.74) is 5.73. The van der Waals surface area contributed by atoms with Gasteiger partial charge in [0.25, 0.3) is 5.69 Å². The van der Waals surface area contributed by atoms with Crippen LogP contribution in [0.1, 0.15) is 48.9 Å². The smallest absolute Gasteiger partial charge is 0.258 e. The summed E-state index contributed by atoms with van der Waals surface area (Å²) in [6.45, 7) is 4.34. The number of nitrogens with zero attached hydrogens (tertiary/aromatic N) is 4. The summed E-state index contributed by atoms with van der Waals surface area (Å²) in [7, 11) is 0. The largest absolute Gasteiger partial charge is 0.269 e. The fourth-order valence-electron chi connectivity index (χ4n) is 4.12. The number of thiazole rings is 1. The molecule has 0 N–H and O–H groups in total. The van der Waals surface area contributed by atoms with Crippen LogP contribution in [0.2, 0.25) is 0 Å². The van der Waals surface area contributed by atoms with Crippen molar-refractivity contribution in [1.29, 1.82) is 0 Å². The number of rotatable bonds is 6. The normalized spacial score (nSPS) is 15.5. The first-order valence-electron chi connectivity index (χ1n) is 11.3. The Bertz CT molecular complexity index is 1380. The summed E-state index contributed by atoms with van der Waals surface area (Å²) in [6, 6.07) is 21.3. The van der Waals surface area contributed by atoms with E-state index < -0.39 is 4.92 Å². The Morgan fingerprint density at radius 1 is 1.00 bits per heavy atom. The molecule has 1 aliphatic heterocycles. The number of nitro groups is 1. The molecule has 0 amide bonds. The molecule has 1 aromatic heterocycles. The molecule has 4 aromatic rings. The molecule has 0 saturated heterocycles. The lowest BCUT2D eigenvalue weighted by molar-refractivity contribution is -0.384. The highest BCUT2D eigenvalue weighted by molar-refractivity contribution is 7.14. The predicted octanol–water partition coefficient (Wildman–Crippen LogP) is 7.34. The molecule has 1 atom stereocenters. The maximum absolute atomic E-state index is 13.5. The molecule has 5 rings (SSSR count). The SMILES string of the molecule is CC(C)c1ccc([C@@H]2CC(c3ccc(F)cc3)=NN2c2nc(-c3ccc([N+](=O)[O-])cc3)cs2)cc1. The first kappa shape index (κ1) is 22.9. The second-order valence-electron chi connectivity index (χ2n) is 8.76. The van der Waals surface area contributed by atoms with Crippen LogP contribution in [0.25, 0.3) is 11.3 Å². The first-order chi connectivity index (χ1) is 16.9. The number of benzene rings is 3. The molecular formula is C27H23FN4O2S. The van der Waals surface area contributed by atoms with Crippen molar-refractivity contribution in [2.75, 3.05) is 5.01 Å². The Labute approximate surface area is 206 Å². The van der Waals surface area contributed by atoms with Gasteiger partial charge in [0.15, 0.2) is 0 Å². The highest BCUT2D eigenvalue weighted by atomic mass is 32.1. The van der Waals surface area contributed by atoms with E-state index in [1.807, 2.05) is 10.4 Å². The van der Waals surface area contributed by atoms with Crippen LogP contribution in [0.3, 0.4) is 0 Å². The number of anilines is 1. The molecule has 0 aliphatic carbocycles. The molecule has 1 aliphatic rings. The Kier molecular flexibility index (Phi) is 6.13. The minimum Gasteiger partial charge on any atom is -0.258 e. The molecule has 0 saturated carbocycles. The monoisotopic (exact) mass is 486 g/mol. The third-order valence-electron chi connectivity index (χ3n) is 6.14. The van der Waals surface area contributed by atoms with Crippen molar-refractivity contribution >= 4 is 27.9 Å². The van der Waals surface area contributed by atoms with Crippen LogP contribution in [0.4, 0.5) is 15.2 Å². The van der Waals surface area contributed by atoms with Crippen molar-refractivity contribution in [2.24, 2.45) is 5.10 Å². The van der Waals surface area contributed by atoms with E-state index in [9.17, 15) is 14.5 Å². The van der Waals surface area contributed by atoms with Gasteiger partial charge in [0.2, 0.25) is 5.13 Å². The van der Waals surface area contributed by atoms with Gasteiger partial charge in [0.05, 0.1) is 22.4 Å². The molecular weight excluding hydrogens is 463 g/mol. The van der Waals surface area contributed by atoms with E-state index in [0.29, 0.717) is 12.3 Å². The van der Waals surface area contributed by atoms with Crippen molar-refractivity contribution in [3.63, 3.8) is 0 Å². The molecule has 3 aromatic carbocycles.